The Bertz CT molecular complexity index is 832. The summed E-state index contributed by atoms with van der Waals surface area (Å²) in [5, 5.41) is 0. The lowest BCUT2D eigenvalue weighted by Crippen LogP contribution is -1.91. The highest BCUT2D eigenvalue weighted by atomic mass is 14.1. The van der Waals surface area contributed by atoms with Gasteiger partial charge in [0.05, 0.1) is 0 Å². The van der Waals surface area contributed by atoms with Crippen LogP contribution in [0.25, 0.3) is 0 Å². The fourth-order valence-corrected chi connectivity index (χ4v) is 10.1. The fourth-order valence-electron chi connectivity index (χ4n) is 10.1. The summed E-state index contributed by atoms with van der Waals surface area (Å²) in [5.74, 6) is 3.71. The van der Waals surface area contributed by atoms with Gasteiger partial charge in [0.2, 0.25) is 0 Å². The van der Waals surface area contributed by atoms with E-state index < -0.39 is 0 Å². The molecule has 0 aliphatic rings. The van der Waals surface area contributed by atoms with Crippen LogP contribution in [0.1, 0.15) is 483 Å². The van der Waals surface area contributed by atoms with Crippen molar-refractivity contribution in [1.82, 2.24) is 0 Å². The second kappa shape index (κ2) is 90.8. The summed E-state index contributed by atoms with van der Waals surface area (Å²) in [6.45, 7) is 36.8. The molecule has 480 valence electrons. The smallest absolute Gasteiger partial charge is 0.0445 e. The van der Waals surface area contributed by atoms with Crippen LogP contribution < -0.4 is 0 Å². The van der Waals surface area contributed by atoms with Gasteiger partial charge >= 0.3 is 0 Å². The molecule has 0 fully saturated rings. The van der Waals surface area contributed by atoms with Gasteiger partial charge in [0, 0.05) is 0 Å². The first-order chi connectivity index (χ1) is 38.0. The van der Waals surface area contributed by atoms with Crippen molar-refractivity contribution in [2.75, 3.05) is 0 Å². The van der Waals surface area contributed by atoms with Gasteiger partial charge in [-0.1, -0.05) is 483 Å². The molecule has 0 aliphatic heterocycles. The van der Waals surface area contributed by atoms with Crippen molar-refractivity contribution < 1.29 is 0 Å². The Hall–Kier alpha value is 0. The van der Waals surface area contributed by atoms with Crippen molar-refractivity contribution >= 4 is 0 Å². The van der Waals surface area contributed by atoms with Gasteiger partial charge in [-0.15, -0.1) is 0 Å². The van der Waals surface area contributed by atoms with Crippen LogP contribution in [-0.2, 0) is 0 Å². The van der Waals surface area contributed by atoms with Crippen LogP contribution in [0.15, 0.2) is 0 Å². The van der Waals surface area contributed by atoms with E-state index >= 15 is 0 Å². The monoisotopic (exact) mass is 1110 g/mol. The SMILES string of the molecule is CCCCC(C)C.CCCCCCCCCC(C)CC.CCCCCCCCCCCC(C)CC.CCCCCCCCCCCCC.CCCCCCCCCCCCC(C)C.CCCCCCCCCCCCCCC. The molecular weight excluding hydrogens is 937 g/mol. The highest BCUT2D eigenvalue weighted by Crippen LogP contribution is 2.18. The molecule has 0 nitrogen and oxygen atoms in total. The molecule has 78 heavy (non-hydrogen) atoms. The van der Waals surface area contributed by atoms with Crippen LogP contribution in [0.2, 0.25) is 0 Å². The van der Waals surface area contributed by atoms with Gasteiger partial charge in [-0.05, 0) is 23.7 Å². The molecule has 0 aromatic rings. The Morgan fingerprint density at radius 3 is 0.397 bits per heavy atom. The van der Waals surface area contributed by atoms with Crippen LogP contribution in [0.3, 0.4) is 0 Å². The van der Waals surface area contributed by atoms with Crippen molar-refractivity contribution in [3.63, 3.8) is 0 Å². The Labute approximate surface area is 504 Å². The minimum Gasteiger partial charge on any atom is -0.0654 e. The lowest BCUT2D eigenvalue weighted by atomic mass is 9.99. The molecule has 0 bridgehead atoms. The first-order valence-corrected chi connectivity index (χ1v) is 38.0. The molecule has 0 heteroatoms. The summed E-state index contributed by atoms with van der Waals surface area (Å²) < 4.78 is 0. The first-order valence-electron chi connectivity index (χ1n) is 38.0. The molecule has 0 radical (unpaired) electrons. The quantitative estimate of drug-likeness (QED) is 0.0533. The second-order valence-electron chi connectivity index (χ2n) is 26.5. The maximum absolute atomic E-state index is 2.38. The molecule has 2 atom stereocenters. The van der Waals surface area contributed by atoms with Crippen molar-refractivity contribution in [1.29, 1.82) is 0 Å². The molecule has 0 aromatic carbocycles. The molecule has 0 spiro atoms. The first kappa shape index (κ1) is 89.2. The van der Waals surface area contributed by atoms with Crippen molar-refractivity contribution in [3.05, 3.63) is 0 Å². The van der Waals surface area contributed by atoms with E-state index in [0.717, 1.165) is 23.7 Å². The van der Waals surface area contributed by atoms with Gasteiger partial charge in [0.1, 0.15) is 0 Å². The number of unbranched alkanes of at least 4 members (excludes halogenated alkanes) is 46. The van der Waals surface area contributed by atoms with Crippen molar-refractivity contribution in [3.8, 4) is 0 Å². The predicted octanol–water partition coefficient (Wildman–Crippen LogP) is 31.3. The number of hydrogen-bond donors (Lipinski definition) is 0. The molecule has 0 saturated heterocycles. The lowest BCUT2D eigenvalue weighted by molar-refractivity contribution is 0.469. The van der Waals surface area contributed by atoms with E-state index in [-0.39, 0.29) is 0 Å². The van der Waals surface area contributed by atoms with Crippen LogP contribution in [0.4, 0.5) is 0 Å². The molecule has 0 heterocycles. The third-order valence-electron chi connectivity index (χ3n) is 16.7. The van der Waals surface area contributed by atoms with E-state index in [1.54, 1.807) is 0 Å². The van der Waals surface area contributed by atoms with Crippen molar-refractivity contribution in [2.45, 2.75) is 483 Å². The lowest BCUT2D eigenvalue weighted by Gasteiger charge is -2.07. The Morgan fingerprint density at radius 2 is 0.269 bits per heavy atom. The summed E-state index contributed by atoms with van der Waals surface area (Å²) in [6, 6.07) is 0. The topological polar surface area (TPSA) is 0 Å². The molecule has 0 N–H and O–H groups in total. The van der Waals surface area contributed by atoms with Crippen molar-refractivity contribution in [2.24, 2.45) is 23.7 Å². The Morgan fingerprint density at radius 1 is 0.141 bits per heavy atom. The summed E-state index contributed by atoms with van der Waals surface area (Å²) in [7, 11) is 0. The minimum atomic E-state index is 0.902. The summed E-state index contributed by atoms with van der Waals surface area (Å²) in [6.07, 6.45) is 83.8. The van der Waals surface area contributed by atoms with E-state index in [1.807, 2.05) is 0 Å². The van der Waals surface area contributed by atoms with Gasteiger partial charge in [0.25, 0.3) is 0 Å². The van der Waals surface area contributed by atoms with E-state index in [4.69, 9.17) is 0 Å². The zero-order valence-corrected chi connectivity index (χ0v) is 59.3. The van der Waals surface area contributed by atoms with Gasteiger partial charge in [-0.3, -0.25) is 0 Å². The molecule has 2 unspecified atom stereocenters. The average Bonchev–Trinajstić information content (AvgIpc) is 3.44. The van der Waals surface area contributed by atoms with Crippen LogP contribution in [0, 0.1) is 23.7 Å². The van der Waals surface area contributed by atoms with E-state index in [9.17, 15) is 0 Å². The van der Waals surface area contributed by atoms with Crippen LogP contribution in [-0.4, -0.2) is 0 Å². The Balaban J connectivity index is -0.000000202. The van der Waals surface area contributed by atoms with Gasteiger partial charge in [-0.25, -0.2) is 0 Å². The summed E-state index contributed by atoms with van der Waals surface area (Å²) in [4.78, 5) is 0. The third kappa shape index (κ3) is 111. The summed E-state index contributed by atoms with van der Waals surface area (Å²) in [5.41, 5.74) is 0. The van der Waals surface area contributed by atoms with Gasteiger partial charge in [0.15, 0.2) is 0 Å². The third-order valence-corrected chi connectivity index (χ3v) is 16.7. The van der Waals surface area contributed by atoms with Crippen LogP contribution in [0.5, 0.6) is 0 Å². The molecule has 0 rings (SSSR count). The summed E-state index contributed by atoms with van der Waals surface area (Å²) >= 11 is 0. The minimum absolute atomic E-state index is 0.902. The maximum atomic E-state index is 2.38. The van der Waals surface area contributed by atoms with Gasteiger partial charge < -0.3 is 0 Å². The maximum Gasteiger partial charge on any atom is -0.0445 e. The van der Waals surface area contributed by atoms with Crippen LogP contribution >= 0.6 is 0 Å². The highest BCUT2D eigenvalue weighted by Gasteiger charge is 2.00. The molecule has 0 aliphatic carbocycles. The average molecular weight is 1110 g/mol. The normalized spacial score (nSPS) is 11.6. The van der Waals surface area contributed by atoms with E-state index in [1.165, 1.54) is 372 Å². The van der Waals surface area contributed by atoms with E-state index in [2.05, 4.69) is 111 Å². The Kier molecular flexibility index (Phi) is 104. The number of rotatable bonds is 56. The molecule has 0 amide bonds. The molecule has 0 saturated carbocycles. The standard InChI is InChI=1S/3C15H32.2C13H28.C7H16/c1-4-5-6-7-8-9-10-11-12-13-14-15(2)3;1-4-6-7-8-9-10-11-12-13-14-15(3)5-2;1-3-5-7-9-11-13-15-14-12-10-8-6-4-2;1-4-6-7-8-9-10-11-12-13(3)5-2;1-3-5-7-9-11-13-12-10-8-6-4-2;1-4-5-6-7(2)3/h2*15H,4-14H2,1-3H3;3-15H2,1-2H3;13H,4-12H2,1-3H3;3-13H2,1-2H3;7H,4-6H2,1-3H3. The fraction of sp³-hybridized carbons (Fsp3) is 1.00. The zero-order chi connectivity index (χ0) is 59.3. The largest absolute Gasteiger partial charge is 0.0654 e. The van der Waals surface area contributed by atoms with Gasteiger partial charge in [-0.2, -0.15) is 0 Å². The zero-order valence-electron chi connectivity index (χ0n) is 59.3. The predicted molar refractivity (Wildman–Crippen MR) is 373 cm³/mol. The second-order valence-corrected chi connectivity index (χ2v) is 26.5. The molecule has 0 aromatic heterocycles. The molecular formula is C78H168. The highest BCUT2D eigenvalue weighted by molar-refractivity contribution is 4.55. The number of hydrogen-bond acceptors (Lipinski definition) is 0. The van der Waals surface area contributed by atoms with E-state index in [0.29, 0.717) is 0 Å².